The molecule has 0 aromatic carbocycles. The molecule has 0 atom stereocenters. The standard InChI is InChI=1S/C19H26N4OS2/c1-3-7-16-11-14(12-25-16)18-21-22-19(23(18)10-4-2)26-13-17(24)20-15-8-5-6-9-15/h4,11-12,15H,2-3,5-10,13H2,1H3,(H,20,24). The van der Waals surface area contributed by atoms with Crippen molar-refractivity contribution in [3.8, 4) is 11.4 Å². The Morgan fingerprint density at radius 1 is 1.46 bits per heavy atom. The molecule has 1 aliphatic carbocycles. The molecule has 3 rings (SSSR count). The molecule has 1 aliphatic rings. The smallest absolute Gasteiger partial charge is 0.230 e. The fourth-order valence-corrected chi connectivity index (χ4v) is 4.98. The van der Waals surface area contributed by atoms with Crippen LogP contribution in [0.2, 0.25) is 0 Å². The van der Waals surface area contributed by atoms with Crippen LogP contribution < -0.4 is 5.32 Å². The maximum absolute atomic E-state index is 12.2. The van der Waals surface area contributed by atoms with Crippen molar-refractivity contribution in [2.24, 2.45) is 0 Å². The average molecular weight is 391 g/mol. The number of aromatic nitrogens is 3. The van der Waals surface area contributed by atoms with Gasteiger partial charge in [0, 0.05) is 28.4 Å². The largest absolute Gasteiger partial charge is 0.353 e. The monoisotopic (exact) mass is 390 g/mol. The Kier molecular flexibility index (Phi) is 6.91. The van der Waals surface area contributed by atoms with Crippen LogP contribution in [0, 0.1) is 0 Å². The second kappa shape index (κ2) is 9.37. The van der Waals surface area contributed by atoms with Crippen molar-refractivity contribution in [2.45, 2.75) is 63.2 Å². The first-order chi connectivity index (χ1) is 12.7. The van der Waals surface area contributed by atoms with Crippen LogP contribution in [0.25, 0.3) is 11.4 Å². The normalized spacial score (nSPS) is 14.7. The Hall–Kier alpha value is -1.60. The van der Waals surface area contributed by atoms with Crippen LogP contribution in [0.1, 0.15) is 43.9 Å². The van der Waals surface area contributed by atoms with Gasteiger partial charge in [0.1, 0.15) is 0 Å². The number of aryl methyl sites for hydroxylation is 1. The summed E-state index contributed by atoms with van der Waals surface area (Å²) in [6.45, 7) is 6.67. The van der Waals surface area contributed by atoms with Crippen molar-refractivity contribution in [2.75, 3.05) is 5.75 Å². The second-order valence-electron chi connectivity index (χ2n) is 6.59. The molecule has 0 bridgehead atoms. The summed E-state index contributed by atoms with van der Waals surface area (Å²) in [7, 11) is 0. The van der Waals surface area contributed by atoms with Gasteiger partial charge in [0.05, 0.1) is 5.75 Å². The molecule has 5 nitrogen and oxygen atoms in total. The van der Waals surface area contributed by atoms with E-state index in [0.717, 1.165) is 42.2 Å². The molecule has 1 amide bonds. The van der Waals surface area contributed by atoms with Crippen molar-refractivity contribution in [3.05, 3.63) is 29.0 Å². The first-order valence-corrected chi connectivity index (χ1v) is 11.1. The number of rotatable bonds is 9. The summed E-state index contributed by atoms with van der Waals surface area (Å²) in [6, 6.07) is 2.55. The topological polar surface area (TPSA) is 59.8 Å². The Morgan fingerprint density at radius 3 is 3.00 bits per heavy atom. The third-order valence-corrected chi connectivity index (χ3v) is 6.45. The highest BCUT2D eigenvalue weighted by Gasteiger charge is 2.19. The molecule has 0 spiro atoms. The lowest BCUT2D eigenvalue weighted by molar-refractivity contribution is -0.119. The summed E-state index contributed by atoms with van der Waals surface area (Å²) in [4.78, 5) is 13.5. The number of thioether (sulfide) groups is 1. The summed E-state index contributed by atoms with van der Waals surface area (Å²) in [5.41, 5.74) is 1.09. The van der Waals surface area contributed by atoms with E-state index in [0.29, 0.717) is 18.3 Å². The van der Waals surface area contributed by atoms with Crippen molar-refractivity contribution in [3.63, 3.8) is 0 Å². The Bertz CT molecular complexity index is 747. The van der Waals surface area contributed by atoms with E-state index in [-0.39, 0.29) is 5.91 Å². The molecular weight excluding hydrogens is 364 g/mol. The van der Waals surface area contributed by atoms with Gasteiger partial charge in [-0.2, -0.15) is 0 Å². The molecular formula is C19H26N4OS2. The molecule has 2 heterocycles. The van der Waals surface area contributed by atoms with Crippen LogP contribution in [0.15, 0.2) is 29.3 Å². The zero-order chi connectivity index (χ0) is 18.4. The van der Waals surface area contributed by atoms with E-state index in [1.807, 2.05) is 10.6 Å². The highest BCUT2D eigenvalue weighted by Crippen LogP contribution is 2.28. The van der Waals surface area contributed by atoms with E-state index in [2.05, 4.69) is 40.5 Å². The van der Waals surface area contributed by atoms with Gasteiger partial charge >= 0.3 is 0 Å². The Labute approximate surface area is 163 Å². The predicted octanol–water partition coefficient (Wildman–Crippen LogP) is 4.30. The molecule has 140 valence electrons. The zero-order valence-electron chi connectivity index (χ0n) is 15.2. The molecule has 0 unspecified atom stereocenters. The molecule has 2 aromatic rings. The highest BCUT2D eigenvalue weighted by molar-refractivity contribution is 7.99. The fourth-order valence-electron chi connectivity index (χ4n) is 3.25. The number of hydrogen-bond donors (Lipinski definition) is 1. The molecule has 1 fully saturated rings. The van der Waals surface area contributed by atoms with Crippen LogP contribution in [0.4, 0.5) is 0 Å². The van der Waals surface area contributed by atoms with Crippen molar-refractivity contribution in [1.82, 2.24) is 20.1 Å². The minimum atomic E-state index is 0.0809. The van der Waals surface area contributed by atoms with Crippen LogP contribution >= 0.6 is 23.1 Å². The summed E-state index contributed by atoms with van der Waals surface area (Å²) < 4.78 is 2.04. The minimum absolute atomic E-state index is 0.0809. The van der Waals surface area contributed by atoms with Gasteiger partial charge in [-0.3, -0.25) is 9.36 Å². The lowest BCUT2D eigenvalue weighted by atomic mass is 10.2. The van der Waals surface area contributed by atoms with E-state index in [9.17, 15) is 4.79 Å². The third kappa shape index (κ3) is 4.76. The van der Waals surface area contributed by atoms with Crippen molar-refractivity contribution >= 4 is 29.0 Å². The van der Waals surface area contributed by atoms with Crippen molar-refractivity contribution in [1.29, 1.82) is 0 Å². The molecule has 26 heavy (non-hydrogen) atoms. The lowest BCUT2D eigenvalue weighted by Crippen LogP contribution is -2.33. The van der Waals surface area contributed by atoms with E-state index < -0.39 is 0 Å². The van der Waals surface area contributed by atoms with Gasteiger partial charge in [-0.25, -0.2) is 0 Å². The average Bonchev–Trinajstić information content (AvgIpc) is 3.35. The van der Waals surface area contributed by atoms with Crippen LogP contribution in [-0.2, 0) is 17.8 Å². The number of carbonyl (C=O) groups excluding carboxylic acids is 1. The van der Waals surface area contributed by atoms with E-state index in [1.165, 1.54) is 29.5 Å². The molecule has 1 N–H and O–H groups in total. The maximum atomic E-state index is 12.2. The fraction of sp³-hybridized carbons (Fsp3) is 0.526. The first-order valence-electron chi connectivity index (χ1n) is 9.25. The first kappa shape index (κ1) is 19.2. The van der Waals surface area contributed by atoms with Gasteiger partial charge in [0.15, 0.2) is 11.0 Å². The Balaban J connectivity index is 1.67. The minimum Gasteiger partial charge on any atom is -0.353 e. The predicted molar refractivity (Wildman–Crippen MR) is 109 cm³/mol. The number of hydrogen-bond acceptors (Lipinski definition) is 5. The zero-order valence-corrected chi connectivity index (χ0v) is 16.9. The van der Waals surface area contributed by atoms with Gasteiger partial charge in [0.2, 0.25) is 5.91 Å². The molecule has 0 aliphatic heterocycles. The van der Waals surface area contributed by atoms with Gasteiger partial charge in [-0.15, -0.1) is 28.1 Å². The van der Waals surface area contributed by atoms with Crippen LogP contribution in [0.3, 0.4) is 0 Å². The summed E-state index contributed by atoms with van der Waals surface area (Å²) in [5.74, 6) is 1.30. The highest BCUT2D eigenvalue weighted by atomic mass is 32.2. The van der Waals surface area contributed by atoms with Gasteiger partial charge in [0.25, 0.3) is 0 Å². The van der Waals surface area contributed by atoms with E-state index in [1.54, 1.807) is 11.3 Å². The number of amides is 1. The number of allylic oxidation sites excluding steroid dienone is 1. The SMILES string of the molecule is C=CCn1c(SCC(=O)NC2CCCC2)nnc1-c1csc(CCC)c1. The number of nitrogens with zero attached hydrogens (tertiary/aromatic N) is 3. The number of nitrogens with one attached hydrogen (secondary N) is 1. The van der Waals surface area contributed by atoms with Gasteiger partial charge in [-0.05, 0) is 25.3 Å². The molecule has 1 saturated carbocycles. The third-order valence-electron chi connectivity index (χ3n) is 4.49. The summed E-state index contributed by atoms with van der Waals surface area (Å²) in [5, 5.41) is 14.7. The van der Waals surface area contributed by atoms with Gasteiger partial charge < -0.3 is 5.32 Å². The number of carbonyl (C=O) groups is 1. The quantitative estimate of drug-likeness (QED) is 0.512. The van der Waals surface area contributed by atoms with Gasteiger partial charge in [-0.1, -0.05) is 44.0 Å². The maximum Gasteiger partial charge on any atom is 0.230 e. The van der Waals surface area contributed by atoms with Crippen LogP contribution in [0.5, 0.6) is 0 Å². The second-order valence-corrected chi connectivity index (χ2v) is 8.53. The molecule has 0 saturated heterocycles. The van der Waals surface area contributed by atoms with Crippen LogP contribution in [-0.4, -0.2) is 32.5 Å². The number of thiophene rings is 1. The van der Waals surface area contributed by atoms with E-state index in [4.69, 9.17) is 0 Å². The lowest BCUT2D eigenvalue weighted by Gasteiger charge is -2.11. The summed E-state index contributed by atoms with van der Waals surface area (Å²) >= 11 is 3.21. The molecule has 0 radical (unpaired) electrons. The Morgan fingerprint density at radius 2 is 2.27 bits per heavy atom. The molecule has 2 aromatic heterocycles. The molecule has 7 heteroatoms. The summed E-state index contributed by atoms with van der Waals surface area (Å²) in [6.07, 6.45) is 8.71. The van der Waals surface area contributed by atoms with Crippen molar-refractivity contribution < 1.29 is 4.79 Å². The van der Waals surface area contributed by atoms with E-state index >= 15 is 0 Å².